The Hall–Kier alpha value is -3.40. The highest BCUT2D eigenvalue weighted by atomic mass is 16.6. The summed E-state index contributed by atoms with van der Waals surface area (Å²) < 4.78 is 0. The molecule has 1 amide bonds. The quantitative estimate of drug-likeness (QED) is 0.673. The van der Waals surface area contributed by atoms with Crippen molar-refractivity contribution in [3.8, 4) is 6.07 Å². The van der Waals surface area contributed by atoms with E-state index in [-0.39, 0.29) is 23.1 Å². The van der Waals surface area contributed by atoms with Crippen molar-refractivity contribution in [3.05, 3.63) is 64.2 Å². The molecule has 1 unspecified atom stereocenters. The molecular weight excluding hydrogens is 332 g/mol. The average Bonchev–Trinajstić information content (AvgIpc) is 2.68. The first-order valence-corrected chi connectivity index (χ1v) is 8.38. The Labute approximate surface area is 151 Å². The van der Waals surface area contributed by atoms with Crippen molar-refractivity contribution >= 4 is 23.0 Å². The second-order valence-electron chi connectivity index (χ2n) is 6.21. The van der Waals surface area contributed by atoms with Gasteiger partial charge in [-0.15, -0.1) is 0 Å². The third kappa shape index (κ3) is 3.81. The third-order valence-corrected chi connectivity index (χ3v) is 4.49. The van der Waals surface area contributed by atoms with E-state index in [2.05, 4.69) is 5.32 Å². The van der Waals surface area contributed by atoms with Crippen molar-refractivity contribution in [3.63, 3.8) is 0 Å². The smallest absolute Gasteiger partial charge is 0.270 e. The Morgan fingerprint density at radius 3 is 2.73 bits per heavy atom. The summed E-state index contributed by atoms with van der Waals surface area (Å²) in [5.41, 5.74) is 1.53. The number of rotatable bonds is 4. The molecule has 0 radical (unpaired) electrons. The fourth-order valence-electron chi connectivity index (χ4n) is 3.18. The van der Waals surface area contributed by atoms with Gasteiger partial charge < -0.3 is 10.2 Å². The molecular formula is C19H18N4O3. The molecule has 0 aliphatic carbocycles. The Morgan fingerprint density at radius 2 is 2.04 bits per heavy atom. The number of nitrogens with zero attached hydrogens (tertiary/aromatic N) is 3. The summed E-state index contributed by atoms with van der Waals surface area (Å²) in [6.07, 6.45) is 1.58. The molecule has 3 rings (SSSR count). The lowest BCUT2D eigenvalue weighted by Gasteiger charge is -2.34. The number of piperidine rings is 1. The van der Waals surface area contributed by atoms with Gasteiger partial charge in [0.05, 0.1) is 22.1 Å². The maximum absolute atomic E-state index is 12.6. The lowest BCUT2D eigenvalue weighted by Crippen LogP contribution is -2.41. The number of hydrogen-bond acceptors (Lipinski definition) is 5. The van der Waals surface area contributed by atoms with E-state index < -0.39 is 4.92 Å². The number of para-hydroxylation sites is 1. The van der Waals surface area contributed by atoms with Crippen molar-refractivity contribution in [2.45, 2.75) is 12.8 Å². The van der Waals surface area contributed by atoms with Crippen LogP contribution in [-0.4, -0.2) is 23.9 Å². The normalized spacial score (nSPS) is 16.6. The third-order valence-electron chi connectivity index (χ3n) is 4.49. The molecule has 1 aliphatic heterocycles. The van der Waals surface area contributed by atoms with E-state index in [9.17, 15) is 20.2 Å². The fourth-order valence-corrected chi connectivity index (χ4v) is 3.18. The van der Waals surface area contributed by atoms with Crippen LogP contribution >= 0.6 is 0 Å². The van der Waals surface area contributed by atoms with Crippen LogP contribution in [0.25, 0.3) is 0 Å². The molecule has 132 valence electrons. The van der Waals surface area contributed by atoms with Crippen molar-refractivity contribution in [1.82, 2.24) is 0 Å². The maximum Gasteiger partial charge on any atom is 0.270 e. The number of non-ortho nitro benzene ring substituents is 1. The maximum atomic E-state index is 12.6. The van der Waals surface area contributed by atoms with Crippen molar-refractivity contribution in [1.29, 1.82) is 5.26 Å². The van der Waals surface area contributed by atoms with Crippen molar-refractivity contribution < 1.29 is 9.72 Å². The molecule has 7 heteroatoms. The summed E-state index contributed by atoms with van der Waals surface area (Å²) >= 11 is 0. The first kappa shape index (κ1) is 17.4. The monoisotopic (exact) mass is 350 g/mol. The molecule has 1 saturated heterocycles. The highest BCUT2D eigenvalue weighted by Gasteiger charge is 2.27. The Bertz CT molecular complexity index is 861. The highest BCUT2D eigenvalue weighted by Crippen LogP contribution is 2.29. The number of benzene rings is 2. The van der Waals surface area contributed by atoms with Crippen LogP contribution in [0.4, 0.5) is 17.1 Å². The molecule has 1 atom stereocenters. The van der Waals surface area contributed by atoms with Gasteiger partial charge in [0, 0.05) is 30.9 Å². The zero-order valence-corrected chi connectivity index (χ0v) is 14.1. The Morgan fingerprint density at radius 1 is 1.27 bits per heavy atom. The number of carbonyl (C=O) groups is 1. The van der Waals surface area contributed by atoms with Crippen molar-refractivity contribution in [2.24, 2.45) is 5.92 Å². The molecule has 1 heterocycles. The summed E-state index contributed by atoms with van der Waals surface area (Å²) in [5.74, 6) is -0.257. The van der Waals surface area contributed by atoms with Crippen LogP contribution in [0.1, 0.15) is 18.4 Å². The van der Waals surface area contributed by atoms with Gasteiger partial charge in [-0.3, -0.25) is 14.9 Å². The first-order valence-electron chi connectivity index (χ1n) is 8.38. The molecule has 2 aromatic carbocycles. The molecule has 0 bridgehead atoms. The van der Waals surface area contributed by atoms with E-state index in [4.69, 9.17) is 0 Å². The van der Waals surface area contributed by atoms with Crippen molar-refractivity contribution in [2.75, 3.05) is 23.3 Å². The molecule has 0 saturated carbocycles. The van der Waals surface area contributed by atoms with Gasteiger partial charge in [0.15, 0.2) is 0 Å². The predicted molar refractivity (Wildman–Crippen MR) is 97.8 cm³/mol. The SMILES string of the molecule is N#Cc1cc([N+](=O)[O-])ccc1N1CCCC(C(=O)Nc2ccccc2)C1. The van der Waals surface area contributed by atoms with Gasteiger partial charge in [-0.25, -0.2) is 0 Å². The second-order valence-corrected chi connectivity index (χ2v) is 6.21. The number of nitro benzene ring substituents is 1. The van der Waals surface area contributed by atoms with E-state index in [1.165, 1.54) is 12.1 Å². The van der Waals surface area contributed by atoms with Crippen LogP contribution in [0, 0.1) is 27.4 Å². The van der Waals surface area contributed by atoms with Crippen LogP contribution in [0.3, 0.4) is 0 Å². The van der Waals surface area contributed by atoms with Gasteiger partial charge >= 0.3 is 0 Å². The van der Waals surface area contributed by atoms with Crippen LogP contribution < -0.4 is 10.2 Å². The van der Waals surface area contributed by atoms with Gasteiger partial charge in [0.25, 0.3) is 5.69 Å². The van der Waals surface area contributed by atoms with Gasteiger partial charge in [-0.2, -0.15) is 5.26 Å². The van der Waals surface area contributed by atoms with Gasteiger partial charge in [0.2, 0.25) is 5.91 Å². The van der Waals surface area contributed by atoms with Gasteiger partial charge in [-0.05, 0) is 31.0 Å². The molecule has 0 spiro atoms. The van der Waals surface area contributed by atoms with Crippen LogP contribution in [-0.2, 0) is 4.79 Å². The van der Waals surface area contributed by atoms with E-state index in [0.717, 1.165) is 18.5 Å². The summed E-state index contributed by atoms with van der Waals surface area (Å²) in [7, 11) is 0. The van der Waals surface area contributed by atoms with Crippen LogP contribution in [0.15, 0.2) is 48.5 Å². The minimum absolute atomic E-state index is 0.0543. The van der Waals surface area contributed by atoms with Gasteiger partial charge in [-0.1, -0.05) is 18.2 Å². The number of nitro groups is 1. The summed E-state index contributed by atoms with van der Waals surface area (Å²) in [6.45, 7) is 1.19. The Kier molecular flexibility index (Phi) is 5.13. The minimum Gasteiger partial charge on any atom is -0.370 e. The lowest BCUT2D eigenvalue weighted by atomic mass is 9.96. The molecule has 1 aliphatic rings. The van der Waals surface area contributed by atoms with E-state index in [0.29, 0.717) is 18.8 Å². The zero-order chi connectivity index (χ0) is 18.5. The fraction of sp³-hybridized carbons (Fsp3) is 0.263. The number of amides is 1. The van der Waals surface area contributed by atoms with Crippen LogP contribution in [0.5, 0.6) is 0 Å². The number of carbonyl (C=O) groups excluding carboxylic acids is 1. The minimum atomic E-state index is -0.517. The zero-order valence-electron chi connectivity index (χ0n) is 14.1. The number of anilines is 2. The Balaban J connectivity index is 1.75. The molecule has 2 aromatic rings. The van der Waals surface area contributed by atoms with Gasteiger partial charge in [0.1, 0.15) is 6.07 Å². The predicted octanol–water partition coefficient (Wildman–Crippen LogP) is 3.32. The van der Waals surface area contributed by atoms with Crippen LogP contribution in [0.2, 0.25) is 0 Å². The molecule has 26 heavy (non-hydrogen) atoms. The first-order chi connectivity index (χ1) is 12.6. The second kappa shape index (κ2) is 7.66. The standard InChI is InChI=1S/C19H18N4O3/c20-12-15-11-17(23(25)26)8-9-18(15)22-10-4-5-14(13-22)19(24)21-16-6-2-1-3-7-16/h1-3,6-9,11,14H,4-5,10,13H2,(H,21,24). The summed E-state index contributed by atoms with van der Waals surface area (Å²) in [5, 5.41) is 23.2. The van der Waals surface area contributed by atoms with E-state index in [1.54, 1.807) is 6.07 Å². The molecule has 1 fully saturated rings. The number of nitrogens with one attached hydrogen (secondary N) is 1. The topological polar surface area (TPSA) is 99.3 Å². The summed E-state index contributed by atoms with van der Waals surface area (Å²) in [4.78, 5) is 24.9. The van der Waals surface area contributed by atoms with E-state index in [1.807, 2.05) is 41.3 Å². The molecule has 1 N–H and O–H groups in total. The lowest BCUT2D eigenvalue weighted by molar-refractivity contribution is -0.384. The highest BCUT2D eigenvalue weighted by molar-refractivity contribution is 5.93. The molecule has 7 nitrogen and oxygen atoms in total. The number of nitriles is 1. The molecule has 0 aromatic heterocycles. The van der Waals surface area contributed by atoms with E-state index >= 15 is 0 Å². The number of hydrogen-bond donors (Lipinski definition) is 1. The summed E-state index contributed by atoms with van der Waals surface area (Å²) in [6, 6.07) is 15.6. The largest absolute Gasteiger partial charge is 0.370 e. The average molecular weight is 350 g/mol.